The highest BCUT2D eigenvalue weighted by Crippen LogP contribution is 2.11. The summed E-state index contributed by atoms with van der Waals surface area (Å²) >= 11 is 0. The van der Waals surface area contributed by atoms with E-state index in [2.05, 4.69) is 5.32 Å². The van der Waals surface area contributed by atoms with E-state index in [-0.39, 0.29) is 12.2 Å². The Morgan fingerprint density at radius 2 is 2.00 bits per heavy atom. The molecule has 0 saturated carbocycles. The third-order valence-corrected chi connectivity index (χ3v) is 1.76. The first-order valence-electron chi connectivity index (χ1n) is 4.19. The highest BCUT2D eigenvalue weighted by atomic mass is 19.1. The SMILES string of the molecule is O=C(CF)NCc1ccc([N+](=O)[O-])cc1. The van der Waals surface area contributed by atoms with E-state index in [1.165, 1.54) is 24.3 Å². The number of hydrogen-bond acceptors (Lipinski definition) is 3. The molecule has 6 heteroatoms. The molecule has 5 nitrogen and oxygen atoms in total. The number of rotatable bonds is 4. The molecule has 0 heterocycles. The smallest absolute Gasteiger partial charge is 0.269 e. The van der Waals surface area contributed by atoms with E-state index in [0.29, 0.717) is 5.56 Å². The summed E-state index contributed by atoms with van der Waals surface area (Å²) in [5.41, 5.74) is 0.665. The molecule has 0 radical (unpaired) electrons. The van der Waals surface area contributed by atoms with Crippen LogP contribution in [-0.4, -0.2) is 17.5 Å². The van der Waals surface area contributed by atoms with Gasteiger partial charge in [0.15, 0.2) is 6.67 Å². The number of carbonyl (C=O) groups excluding carboxylic acids is 1. The molecule has 0 bridgehead atoms. The van der Waals surface area contributed by atoms with Crippen molar-refractivity contribution in [2.45, 2.75) is 6.54 Å². The first kappa shape index (κ1) is 11.1. The highest BCUT2D eigenvalue weighted by Gasteiger charge is 2.04. The largest absolute Gasteiger partial charge is 0.350 e. The van der Waals surface area contributed by atoms with E-state index in [1.54, 1.807) is 0 Å². The average molecular weight is 212 g/mol. The maximum atomic E-state index is 11.8. The zero-order valence-corrected chi connectivity index (χ0v) is 7.77. The van der Waals surface area contributed by atoms with Crippen molar-refractivity contribution in [3.05, 3.63) is 39.9 Å². The molecule has 0 aliphatic heterocycles. The number of amides is 1. The van der Waals surface area contributed by atoms with Gasteiger partial charge in [0.1, 0.15) is 0 Å². The Morgan fingerprint density at radius 3 is 2.47 bits per heavy atom. The summed E-state index contributed by atoms with van der Waals surface area (Å²) in [5, 5.41) is 12.6. The fourth-order valence-corrected chi connectivity index (χ4v) is 0.983. The summed E-state index contributed by atoms with van der Waals surface area (Å²) in [6, 6.07) is 5.68. The molecule has 0 unspecified atom stereocenters. The highest BCUT2D eigenvalue weighted by molar-refractivity contribution is 5.76. The molecule has 1 aromatic carbocycles. The summed E-state index contributed by atoms with van der Waals surface area (Å²) in [4.78, 5) is 20.4. The number of carbonyl (C=O) groups is 1. The quantitative estimate of drug-likeness (QED) is 0.601. The van der Waals surface area contributed by atoms with E-state index in [0.717, 1.165) is 0 Å². The van der Waals surface area contributed by atoms with Gasteiger partial charge in [-0.2, -0.15) is 0 Å². The Bertz CT molecular complexity index is 364. The lowest BCUT2D eigenvalue weighted by Crippen LogP contribution is -2.23. The minimum Gasteiger partial charge on any atom is -0.350 e. The summed E-state index contributed by atoms with van der Waals surface area (Å²) in [6.07, 6.45) is 0. The van der Waals surface area contributed by atoms with Crippen LogP contribution >= 0.6 is 0 Å². The van der Waals surface area contributed by atoms with Crippen molar-refractivity contribution >= 4 is 11.6 Å². The third kappa shape index (κ3) is 3.34. The van der Waals surface area contributed by atoms with E-state index in [9.17, 15) is 19.3 Å². The zero-order chi connectivity index (χ0) is 11.3. The lowest BCUT2D eigenvalue weighted by atomic mass is 10.2. The molecule has 1 aromatic rings. The molecule has 0 aliphatic rings. The third-order valence-electron chi connectivity index (χ3n) is 1.76. The van der Waals surface area contributed by atoms with Crippen molar-refractivity contribution in [3.63, 3.8) is 0 Å². The van der Waals surface area contributed by atoms with Gasteiger partial charge in [-0.15, -0.1) is 0 Å². The maximum Gasteiger partial charge on any atom is 0.269 e. The van der Waals surface area contributed by atoms with Gasteiger partial charge in [0.05, 0.1) is 4.92 Å². The molecule has 1 rings (SSSR count). The first-order chi connectivity index (χ1) is 7.13. The number of non-ortho nitro benzene ring substituents is 1. The Hall–Kier alpha value is -1.98. The van der Waals surface area contributed by atoms with Crippen molar-refractivity contribution in [3.8, 4) is 0 Å². The standard InChI is InChI=1S/C9H9FN2O3/c10-5-9(13)11-6-7-1-3-8(4-2-7)12(14)15/h1-4H,5-6H2,(H,11,13). The van der Waals surface area contributed by atoms with Crippen LogP contribution in [0.4, 0.5) is 10.1 Å². The molecule has 0 atom stereocenters. The van der Waals surface area contributed by atoms with Gasteiger partial charge < -0.3 is 5.32 Å². The molecule has 1 amide bonds. The van der Waals surface area contributed by atoms with E-state index >= 15 is 0 Å². The Kier molecular flexibility index (Phi) is 3.73. The number of benzene rings is 1. The van der Waals surface area contributed by atoms with Crippen LogP contribution in [-0.2, 0) is 11.3 Å². The molecule has 0 aromatic heterocycles. The summed E-state index contributed by atoms with van der Waals surface area (Å²) in [7, 11) is 0. The number of nitro groups is 1. The molecule has 1 N–H and O–H groups in total. The molecular formula is C9H9FN2O3. The normalized spacial score (nSPS) is 9.67. The van der Waals surface area contributed by atoms with Crippen molar-refractivity contribution < 1.29 is 14.1 Å². The number of nitrogens with one attached hydrogen (secondary N) is 1. The second-order valence-electron chi connectivity index (χ2n) is 2.83. The van der Waals surface area contributed by atoms with Gasteiger partial charge in [-0.05, 0) is 5.56 Å². The van der Waals surface area contributed by atoms with Crippen LogP contribution in [0.2, 0.25) is 0 Å². The van der Waals surface area contributed by atoms with E-state index < -0.39 is 17.5 Å². The van der Waals surface area contributed by atoms with Gasteiger partial charge in [-0.25, -0.2) is 4.39 Å². The summed E-state index contributed by atoms with van der Waals surface area (Å²) in [6.45, 7) is -0.895. The Balaban J connectivity index is 2.57. The number of hydrogen-bond donors (Lipinski definition) is 1. The van der Waals surface area contributed by atoms with Crippen LogP contribution in [0.3, 0.4) is 0 Å². The van der Waals surface area contributed by atoms with Gasteiger partial charge in [0.25, 0.3) is 11.6 Å². The second-order valence-corrected chi connectivity index (χ2v) is 2.83. The molecular weight excluding hydrogens is 203 g/mol. The van der Waals surface area contributed by atoms with Crippen LogP contribution in [0.5, 0.6) is 0 Å². The molecule has 80 valence electrons. The predicted molar refractivity (Wildman–Crippen MR) is 50.9 cm³/mol. The molecule has 0 saturated heterocycles. The number of halogens is 1. The van der Waals surface area contributed by atoms with Crippen molar-refractivity contribution in [1.82, 2.24) is 5.32 Å². The summed E-state index contributed by atoms with van der Waals surface area (Å²) in [5.74, 6) is -0.701. The average Bonchev–Trinajstić information content (AvgIpc) is 2.26. The van der Waals surface area contributed by atoms with Gasteiger partial charge >= 0.3 is 0 Å². The zero-order valence-electron chi connectivity index (χ0n) is 7.77. The fraction of sp³-hybridized carbons (Fsp3) is 0.222. The molecule has 15 heavy (non-hydrogen) atoms. The minimum absolute atomic E-state index is 0.0180. The molecule has 0 fully saturated rings. The van der Waals surface area contributed by atoms with Gasteiger partial charge in [-0.3, -0.25) is 14.9 Å². The monoisotopic (exact) mass is 212 g/mol. The second kappa shape index (κ2) is 5.04. The lowest BCUT2D eigenvalue weighted by Gasteiger charge is -2.01. The number of nitrogens with zero attached hydrogens (tertiary/aromatic N) is 1. The van der Waals surface area contributed by atoms with Crippen molar-refractivity contribution in [2.75, 3.05) is 6.67 Å². The molecule has 0 spiro atoms. The Labute approximate surface area is 85.1 Å². The number of alkyl halides is 1. The predicted octanol–water partition coefficient (Wildman–Crippen LogP) is 1.18. The van der Waals surface area contributed by atoms with Crippen LogP contribution in [0, 0.1) is 10.1 Å². The lowest BCUT2D eigenvalue weighted by molar-refractivity contribution is -0.384. The van der Waals surface area contributed by atoms with Crippen LogP contribution in [0.15, 0.2) is 24.3 Å². The topological polar surface area (TPSA) is 72.2 Å². The van der Waals surface area contributed by atoms with Crippen LogP contribution in [0.1, 0.15) is 5.56 Å². The van der Waals surface area contributed by atoms with E-state index in [4.69, 9.17) is 0 Å². The van der Waals surface area contributed by atoms with Gasteiger partial charge in [0, 0.05) is 18.7 Å². The van der Waals surface area contributed by atoms with Crippen LogP contribution in [0.25, 0.3) is 0 Å². The van der Waals surface area contributed by atoms with Crippen LogP contribution < -0.4 is 5.32 Å². The first-order valence-corrected chi connectivity index (χ1v) is 4.19. The van der Waals surface area contributed by atoms with Crippen molar-refractivity contribution in [2.24, 2.45) is 0 Å². The van der Waals surface area contributed by atoms with E-state index in [1.807, 2.05) is 0 Å². The summed E-state index contributed by atoms with van der Waals surface area (Å²) < 4.78 is 11.8. The number of nitro benzene ring substituents is 1. The van der Waals surface area contributed by atoms with Gasteiger partial charge in [0.2, 0.25) is 0 Å². The molecule has 0 aliphatic carbocycles. The maximum absolute atomic E-state index is 11.8. The fourth-order valence-electron chi connectivity index (χ4n) is 0.983. The Morgan fingerprint density at radius 1 is 1.40 bits per heavy atom. The minimum atomic E-state index is -1.06. The van der Waals surface area contributed by atoms with Crippen molar-refractivity contribution in [1.29, 1.82) is 0 Å². The van der Waals surface area contributed by atoms with Gasteiger partial charge in [-0.1, -0.05) is 12.1 Å².